The van der Waals surface area contributed by atoms with Crippen molar-refractivity contribution in [1.82, 2.24) is 4.31 Å². The van der Waals surface area contributed by atoms with Crippen LogP contribution in [0.15, 0.2) is 47.4 Å². The summed E-state index contributed by atoms with van der Waals surface area (Å²) in [5.41, 5.74) is 6.22. The fourth-order valence-electron chi connectivity index (χ4n) is 1.89. The van der Waals surface area contributed by atoms with Crippen molar-refractivity contribution < 1.29 is 12.8 Å². The van der Waals surface area contributed by atoms with Crippen molar-refractivity contribution >= 4 is 27.3 Å². The molecule has 0 atom stereocenters. The van der Waals surface area contributed by atoms with Gasteiger partial charge in [-0.1, -0.05) is 29.8 Å². The van der Waals surface area contributed by atoms with Gasteiger partial charge in [0.2, 0.25) is 10.0 Å². The van der Waals surface area contributed by atoms with E-state index in [1.54, 1.807) is 24.3 Å². The first-order valence-electron chi connectivity index (χ1n) is 6.07. The number of hydrogen-bond donors (Lipinski definition) is 1. The van der Waals surface area contributed by atoms with Gasteiger partial charge in [-0.15, -0.1) is 0 Å². The van der Waals surface area contributed by atoms with Crippen molar-refractivity contribution in [1.29, 1.82) is 0 Å². The highest BCUT2D eigenvalue weighted by molar-refractivity contribution is 7.89. The Morgan fingerprint density at radius 3 is 2.38 bits per heavy atom. The predicted molar refractivity (Wildman–Crippen MR) is 80.9 cm³/mol. The van der Waals surface area contributed by atoms with Gasteiger partial charge in [0.25, 0.3) is 0 Å². The lowest BCUT2D eigenvalue weighted by Crippen LogP contribution is -2.28. The summed E-state index contributed by atoms with van der Waals surface area (Å²) in [6, 6.07) is 10.5. The van der Waals surface area contributed by atoms with E-state index in [0.717, 1.165) is 15.9 Å². The predicted octanol–water partition coefficient (Wildman–Crippen LogP) is 2.88. The average Bonchev–Trinajstić information content (AvgIpc) is 2.40. The van der Waals surface area contributed by atoms with Gasteiger partial charge in [-0.3, -0.25) is 0 Å². The van der Waals surface area contributed by atoms with Crippen LogP contribution in [0.2, 0.25) is 5.02 Å². The maximum Gasteiger partial charge on any atom is 0.248 e. The van der Waals surface area contributed by atoms with Crippen LogP contribution in [0.1, 0.15) is 5.56 Å². The number of nitrogen functional groups attached to an aromatic ring is 1. The van der Waals surface area contributed by atoms with Crippen LogP contribution < -0.4 is 5.73 Å². The van der Waals surface area contributed by atoms with Crippen LogP contribution in [-0.4, -0.2) is 19.8 Å². The highest BCUT2D eigenvalue weighted by Gasteiger charge is 2.26. The molecule has 0 amide bonds. The van der Waals surface area contributed by atoms with E-state index in [1.807, 2.05) is 0 Å². The third kappa shape index (κ3) is 3.34. The van der Waals surface area contributed by atoms with Gasteiger partial charge in [0.15, 0.2) is 0 Å². The van der Waals surface area contributed by atoms with Crippen LogP contribution in [-0.2, 0) is 16.6 Å². The van der Waals surface area contributed by atoms with E-state index in [0.29, 0.717) is 5.02 Å². The zero-order valence-electron chi connectivity index (χ0n) is 11.3. The largest absolute Gasteiger partial charge is 0.398 e. The summed E-state index contributed by atoms with van der Waals surface area (Å²) < 4.78 is 39.7. The Labute approximate surface area is 128 Å². The van der Waals surface area contributed by atoms with Crippen LogP contribution in [0.5, 0.6) is 0 Å². The molecular formula is C14H14ClFN2O2S. The van der Waals surface area contributed by atoms with E-state index in [-0.39, 0.29) is 12.2 Å². The third-order valence-corrected chi connectivity index (χ3v) is 5.13. The molecule has 0 heterocycles. The van der Waals surface area contributed by atoms with E-state index in [1.165, 1.54) is 19.2 Å². The molecule has 2 N–H and O–H groups in total. The standard InChI is InChI=1S/C14H14ClFN2O2S/c1-18(9-10-5-7-11(15)8-6-10)21(19,20)14-12(16)3-2-4-13(14)17/h2-8H,9,17H2,1H3. The lowest BCUT2D eigenvalue weighted by molar-refractivity contribution is 0.460. The summed E-state index contributed by atoms with van der Waals surface area (Å²) in [6.45, 7) is 0.0906. The van der Waals surface area contributed by atoms with Crippen molar-refractivity contribution in [2.45, 2.75) is 11.4 Å². The number of nitrogens with zero attached hydrogens (tertiary/aromatic N) is 1. The third-order valence-electron chi connectivity index (χ3n) is 2.98. The maximum atomic E-state index is 13.8. The Kier molecular flexibility index (Phi) is 4.51. The van der Waals surface area contributed by atoms with Crippen LogP contribution >= 0.6 is 11.6 Å². The van der Waals surface area contributed by atoms with Crippen molar-refractivity contribution in [3.63, 3.8) is 0 Å². The molecule has 7 heteroatoms. The number of anilines is 1. The van der Waals surface area contributed by atoms with E-state index < -0.39 is 20.7 Å². The molecule has 0 aliphatic rings. The molecule has 0 unspecified atom stereocenters. The molecule has 0 fully saturated rings. The average molecular weight is 329 g/mol. The summed E-state index contributed by atoms with van der Waals surface area (Å²) in [6.07, 6.45) is 0. The molecule has 112 valence electrons. The van der Waals surface area contributed by atoms with Crippen molar-refractivity contribution in [2.75, 3.05) is 12.8 Å². The number of halogens is 2. The lowest BCUT2D eigenvalue weighted by atomic mass is 10.2. The highest BCUT2D eigenvalue weighted by atomic mass is 35.5. The minimum absolute atomic E-state index is 0.0906. The topological polar surface area (TPSA) is 63.4 Å². The monoisotopic (exact) mass is 328 g/mol. The zero-order chi connectivity index (χ0) is 15.6. The van der Waals surface area contributed by atoms with Gasteiger partial charge in [0, 0.05) is 18.6 Å². The summed E-state index contributed by atoms with van der Waals surface area (Å²) in [4.78, 5) is -0.499. The summed E-state index contributed by atoms with van der Waals surface area (Å²) >= 11 is 5.78. The molecule has 0 aliphatic heterocycles. The highest BCUT2D eigenvalue weighted by Crippen LogP contribution is 2.25. The smallest absolute Gasteiger partial charge is 0.248 e. The first-order chi connectivity index (χ1) is 9.82. The fraction of sp³-hybridized carbons (Fsp3) is 0.143. The number of nitrogens with two attached hydrogens (primary N) is 1. The number of benzene rings is 2. The quantitative estimate of drug-likeness (QED) is 0.878. The van der Waals surface area contributed by atoms with E-state index >= 15 is 0 Å². The molecule has 0 spiro atoms. The Morgan fingerprint density at radius 2 is 1.81 bits per heavy atom. The number of sulfonamides is 1. The van der Waals surface area contributed by atoms with E-state index in [2.05, 4.69) is 0 Å². The van der Waals surface area contributed by atoms with Gasteiger partial charge in [0.05, 0.1) is 5.69 Å². The van der Waals surface area contributed by atoms with Crippen LogP contribution in [0.25, 0.3) is 0 Å². The molecule has 21 heavy (non-hydrogen) atoms. The maximum absolute atomic E-state index is 13.8. The normalized spacial score (nSPS) is 11.8. The van der Waals surface area contributed by atoms with Crippen LogP contribution in [0.3, 0.4) is 0 Å². The summed E-state index contributed by atoms with van der Waals surface area (Å²) in [5.74, 6) is -0.863. The molecule has 0 bridgehead atoms. The molecule has 2 aromatic rings. The molecular weight excluding hydrogens is 315 g/mol. The minimum atomic E-state index is -4.01. The lowest BCUT2D eigenvalue weighted by Gasteiger charge is -2.18. The Bertz CT molecular complexity index is 728. The second-order valence-corrected chi connectivity index (χ2v) is 6.96. The van der Waals surface area contributed by atoms with Crippen molar-refractivity contribution in [3.05, 3.63) is 58.9 Å². The first-order valence-corrected chi connectivity index (χ1v) is 7.89. The van der Waals surface area contributed by atoms with Gasteiger partial charge < -0.3 is 5.73 Å². The summed E-state index contributed by atoms with van der Waals surface area (Å²) in [7, 11) is -2.64. The van der Waals surface area contributed by atoms with Gasteiger partial charge in [-0.25, -0.2) is 12.8 Å². The van der Waals surface area contributed by atoms with Crippen LogP contribution in [0, 0.1) is 5.82 Å². The van der Waals surface area contributed by atoms with Gasteiger partial charge in [-0.05, 0) is 29.8 Å². The van der Waals surface area contributed by atoms with Gasteiger partial charge >= 0.3 is 0 Å². The molecule has 0 saturated carbocycles. The Hall–Kier alpha value is -1.63. The SMILES string of the molecule is CN(Cc1ccc(Cl)cc1)S(=O)(=O)c1c(N)cccc1F. The molecule has 0 radical (unpaired) electrons. The Balaban J connectivity index is 2.33. The number of rotatable bonds is 4. The van der Waals surface area contributed by atoms with E-state index in [4.69, 9.17) is 17.3 Å². The molecule has 0 aromatic heterocycles. The molecule has 0 aliphatic carbocycles. The van der Waals surface area contributed by atoms with Gasteiger partial charge in [-0.2, -0.15) is 4.31 Å². The molecule has 4 nitrogen and oxygen atoms in total. The minimum Gasteiger partial charge on any atom is -0.398 e. The first kappa shape index (κ1) is 15.8. The molecule has 2 rings (SSSR count). The fourth-order valence-corrected chi connectivity index (χ4v) is 3.32. The van der Waals surface area contributed by atoms with E-state index in [9.17, 15) is 12.8 Å². The zero-order valence-corrected chi connectivity index (χ0v) is 12.8. The summed E-state index contributed by atoms with van der Waals surface area (Å²) in [5, 5.41) is 0.558. The van der Waals surface area contributed by atoms with Crippen molar-refractivity contribution in [3.8, 4) is 0 Å². The Morgan fingerprint density at radius 1 is 1.19 bits per heavy atom. The van der Waals surface area contributed by atoms with Crippen molar-refractivity contribution in [2.24, 2.45) is 0 Å². The molecule has 0 saturated heterocycles. The second kappa shape index (κ2) is 6.01. The second-order valence-electron chi connectivity index (χ2n) is 4.55. The number of hydrogen-bond acceptors (Lipinski definition) is 3. The van der Waals surface area contributed by atoms with Gasteiger partial charge in [0.1, 0.15) is 10.7 Å². The van der Waals surface area contributed by atoms with Crippen LogP contribution in [0.4, 0.5) is 10.1 Å². The molecule has 2 aromatic carbocycles.